The molecule has 0 aromatic rings. The van der Waals surface area contributed by atoms with Crippen molar-refractivity contribution in [3.8, 4) is 0 Å². The van der Waals surface area contributed by atoms with E-state index in [0.29, 0.717) is 23.9 Å². The fourth-order valence-electron chi connectivity index (χ4n) is 6.48. The normalized spacial score (nSPS) is 13.9. The average molecular weight is 866 g/mol. The van der Waals surface area contributed by atoms with Gasteiger partial charge in [0.25, 0.3) is 7.82 Å². The van der Waals surface area contributed by atoms with E-state index in [0.717, 1.165) is 51.4 Å². The zero-order valence-corrected chi connectivity index (χ0v) is 40.3. The molecule has 350 valence electrons. The number of ether oxygens (including phenoxy) is 2. The fourth-order valence-corrected chi connectivity index (χ4v) is 7.21. The predicted octanol–water partition coefficient (Wildman–Crippen LogP) is 13.6. The summed E-state index contributed by atoms with van der Waals surface area (Å²) in [5, 5.41) is 0. The third kappa shape index (κ3) is 45.5. The SMILES string of the molecule is CCCCC/C=C/C/C=C/C/C=C/CCCCC(=O)OC[C@H](COP(=O)([O-])OCC[N+](C)(C)C)OC(=O)CCCCCCCCCCCCC/C=C/CCCCCCCC. The highest BCUT2D eigenvalue weighted by molar-refractivity contribution is 7.45. The van der Waals surface area contributed by atoms with Crippen molar-refractivity contribution in [3.63, 3.8) is 0 Å². The molecular weight excluding hydrogens is 774 g/mol. The maximum atomic E-state index is 12.7. The monoisotopic (exact) mass is 866 g/mol. The van der Waals surface area contributed by atoms with Crippen LogP contribution in [0.25, 0.3) is 0 Å². The van der Waals surface area contributed by atoms with E-state index in [1.807, 2.05) is 21.1 Å². The summed E-state index contributed by atoms with van der Waals surface area (Å²) in [5.41, 5.74) is 0. The van der Waals surface area contributed by atoms with Crippen molar-refractivity contribution in [2.75, 3.05) is 47.5 Å². The highest BCUT2D eigenvalue weighted by atomic mass is 31.2. The molecule has 0 spiro atoms. The van der Waals surface area contributed by atoms with Crippen molar-refractivity contribution in [3.05, 3.63) is 48.6 Å². The van der Waals surface area contributed by atoms with Gasteiger partial charge >= 0.3 is 11.9 Å². The Labute approximate surface area is 369 Å². The number of unbranched alkanes of at least 4 members (excludes halogenated alkanes) is 22. The quantitative estimate of drug-likeness (QED) is 0.0196. The maximum Gasteiger partial charge on any atom is 0.306 e. The van der Waals surface area contributed by atoms with Gasteiger partial charge in [-0.2, -0.15) is 0 Å². The highest BCUT2D eigenvalue weighted by Crippen LogP contribution is 2.38. The number of nitrogens with zero attached hydrogens (tertiary/aromatic N) is 1. The molecule has 2 atom stereocenters. The molecule has 0 rings (SSSR count). The Kier molecular flexibility index (Phi) is 40.8. The molecule has 10 heteroatoms. The van der Waals surface area contributed by atoms with Crippen molar-refractivity contribution >= 4 is 19.8 Å². The van der Waals surface area contributed by atoms with E-state index in [2.05, 4.69) is 62.5 Å². The summed E-state index contributed by atoms with van der Waals surface area (Å²) in [7, 11) is 1.14. The molecule has 0 saturated heterocycles. The standard InChI is InChI=1S/C50H92NO8P/c1-6-8-10-12-14-16-18-20-22-23-24-25-26-27-29-31-33-35-37-39-41-43-50(53)59-48(47-58-60(54,55)57-45-44-51(3,4)5)46-56-49(52)42-40-38-36-34-32-30-28-21-19-17-15-13-11-9-7-2/h15,17,20-22,28,32,34,48H,6-14,16,18-19,23-27,29-31,33,35-47H2,1-5H3/b17-15+,22-20+,28-21+,34-32+/t48-/m1/s1. The first kappa shape index (κ1) is 58.0. The first-order chi connectivity index (χ1) is 29.0. The molecule has 60 heavy (non-hydrogen) atoms. The van der Waals surface area contributed by atoms with E-state index in [1.54, 1.807) is 0 Å². The molecule has 0 N–H and O–H groups in total. The topological polar surface area (TPSA) is 111 Å². The number of esters is 2. The lowest BCUT2D eigenvalue weighted by molar-refractivity contribution is -0.870. The van der Waals surface area contributed by atoms with Gasteiger partial charge in [-0.25, -0.2) is 0 Å². The highest BCUT2D eigenvalue weighted by Gasteiger charge is 2.21. The number of quaternary nitrogens is 1. The van der Waals surface area contributed by atoms with E-state index >= 15 is 0 Å². The van der Waals surface area contributed by atoms with Crippen molar-refractivity contribution in [2.24, 2.45) is 0 Å². The van der Waals surface area contributed by atoms with Crippen LogP contribution in [0.4, 0.5) is 0 Å². The van der Waals surface area contributed by atoms with Gasteiger partial charge in [0.05, 0.1) is 27.7 Å². The van der Waals surface area contributed by atoms with Crippen LogP contribution in [0, 0.1) is 0 Å². The zero-order chi connectivity index (χ0) is 44.3. The first-order valence-electron chi connectivity index (χ1n) is 24.3. The van der Waals surface area contributed by atoms with Crippen LogP contribution < -0.4 is 4.89 Å². The summed E-state index contributed by atoms with van der Waals surface area (Å²) in [6.45, 7) is 4.16. The Bertz CT molecular complexity index is 1160. The molecule has 0 fully saturated rings. The Morgan fingerprint density at radius 3 is 1.42 bits per heavy atom. The number of hydrogen-bond donors (Lipinski definition) is 0. The third-order valence-corrected chi connectivity index (χ3v) is 11.3. The van der Waals surface area contributed by atoms with Crippen LogP contribution in [0.3, 0.4) is 0 Å². The molecule has 0 aliphatic carbocycles. The lowest BCUT2D eigenvalue weighted by Gasteiger charge is -2.28. The van der Waals surface area contributed by atoms with Crippen LogP contribution in [0.2, 0.25) is 0 Å². The second-order valence-electron chi connectivity index (χ2n) is 17.5. The number of hydrogen-bond acceptors (Lipinski definition) is 8. The van der Waals surface area contributed by atoms with Crippen LogP contribution >= 0.6 is 7.82 Å². The van der Waals surface area contributed by atoms with Crippen molar-refractivity contribution in [1.29, 1.82) is 0 Å². The fraction of sp³-hybridized carbons (Fsp3) is 0.800. The Morgan fingerprint density at radius 1 is 0.517 bits per heavy atom. The minimum Gasteiger partial charge on any atom is -0.756 e. The van der Waals surface area contributed by atoms with Gasteiger partial charge in [0, 0.05) is 12.8 Å². The van der Waals surface area contributed by atoms with Gasteiger partial charge in [0.2, 0.25) is 0 Å². The summed E-state index contributed by atoms with van der Waals surface area (Å²) in [5.74, 6) is -0.878. The van der Waals surface area contributed by atoms with E-state index < -0.39 is 32.5 Å². The number of allylic oxidation sites excluding steroid dienone is 8. The molecule has 0 bridgehead atoms. The van der Waals surface area contributed by atoms with E-state index in [4.69, 9.17) is 18.5 Å². The second kappa shape index (κ2) is 42.3. The molecule has 0 aromatic carbocycles. The first-order valence-corrected chi connectivity index (χ1v) is 25.8. The van der Waals surface area contributed by atoms with Crippen LogP contribution in [0.15, 0.2) is 48.6 Å². The van der Waals surface area contributed by atoms with Gasteiger partial charge in [-0.05, 0) is 77.0 Å². The lowest BCUT2D eigenvalue weighted by atomic mass is 10.0. The van der Waals surface area contributed by atoms with E-state index in [9.17, 15) is 19.0 Å². The molecule has 0 amide bonds. The third-order valence-electron chi connectivity index (χ3n) is 10.3. The molecule has 9 nitrogen and oxygen atoms in total. The van der Waals surface area contributed by atoms with Gasteiger partial charge in [0.15, 0.2) is 6.10 Å². The van der Waals surface area contributed by atoms with Crippen LogP contribution in [-0.4, -0.2) is 70.0 Å². The van der Waals surface area contributed by atoms with Gasteiger partial charge in [-0.15, -0.1) is 0 Å². The molecule has 0 radical (unpaired) electrons. The molecule has 0 heterocycles. The van der Waals surface area contributed by atoms with E-state index in [1.165, 1.54) is 116 Å². The Balaban J connectivity index is 4.31. The largest absolute Gasteiger partial charge is 0.756 e. The molecular formula is C50H92NO8P. The maximum absolute atomic E-state index is 12.7. The molecule has 0 aromatic heterocycles. The summed E-state index contributed by atoms with van der Waals surface area (Å²) < 4.78 is 33.9. The van der Waals surface area contributed by atoms with Crippen LogP contribution in [-0.2, 0) is 32.7 Å². The lowest BCUT2D eigenvalue weighted by Crippen LogP contribution is -2.37. The van der Waals surface area contributed by atoms with Crippen molar-refractivity contribution in [1.82, 2.24) is 0 Å². The molecule has 0 saturated carbocycles. The van der Waals surface area contributed by atoms with Gasteiger partial charge < -0.3 is 27.9 Å². The second-order valence-corrected chi connectivity index (χ2v) is 18.9. The van der Waals surface area contributed by atoms with Gasteiger partial charge in [0.1, 0.15) is 19.8 Å². The zero-order valence-electron chi connectivity index (χ0n) is 39.4. The number of rotatable bonds is 44. The predicted molar refractivity (Wildman–Crippen MR) is 250 cm³/mol. The van der Waals surface area contributed by atoms with Gasteiger partial charge in [-0.1, -0.05) is 165 Å². The van der Waals surface area contributed by atoms with Gasteiger partial charge in [-0.3, -0.25) is 14.2 Å². The number of phosphoric ester groups is 1. The van der Waals surface area contributed by atoms with Crippen LogP contribution in [0.5, 0.6) is 0 Å². The number of likely N-dealkylation sites (N-methyl/N-ethyl adjacent to an activating group) is 1. The number of carbonyl (C=O) groups excluding carboxylic acids is 2. The minimum atomic E-state index is -4.64. The van der Waals surface area contributed by atoms with Crippen molar-refractivity contribution in [2.45, 2.75) is 213 Å². The minimum absolute atomic E-state index is 0.0378. The summed E-state index contributed by atoms with van der Waals surface area (Å²) in [6.07, 6.45) is 50.0. The molecule has 1 unspecified atom stereocenters. The number of phosphoric acid groups is 1. The summed E-state index contributed by atoms with van der Waals surface area (Å²) in [4.78, 5) is 37.6. The average Bonchev–Trinajstić information content (AvgIpc) is 3.20. The molecule has 0 aliphatic rings. The Morgan fingerprint density at radius 2 is 0.900 bits per heavy atom. The number of carbonyl (C=O) groups is 2. The summed E-state index contributed by atoms with van der Waals surface area (Å²) >= 11 is 0. The van der Waals surface area contributed by atoms with E-state index in [-0.39, 0.29) is 26.1 Å². The Hall–Kier alpha value is -2.03. The van der Waals surface area contributed by atoms with Crippen molar-refractivity contribution < 1.29 is 42.1 Å². The molecule has 0 aliphatic heterocycles. The smallest absolute Gasteiger partial charge is 0.306 e. The van der Waals surface area contributed by atoms with Crippen LogP contribution in [0.1, 0.15) is 206 Å². The summed E-state index contributed by atoms with van der Waals surface area (Å²) in [6, 6.07) is 0.